The summed E-state index contributed by atoms with van der Waals surface area (Å²) in [5.41, 5.74) is 6.34. The number of aliphatic carboxylic acids is 1. The van der Waals surface area contributed by atoms with Gasteiger partial charge in [-0.15, -0.1) is 0 Å². The zero-order valence-corrected chi connectivity index (χ0v) is 24.1. The number of rotatable bonds is 17. The van der Waals surface area contributed by atoms with E-state index >= 15 is 0 Å². The minimum Gasteiger partial charge on any atom is -0.489 e. The summed E-state index contributed by atoms with van der Waals surface area (Å²) in [6.07, 6.45) is 7.27. The molecule has 42 heavy (non-hydrogen) atoms. The Hall–Kier alpha value is -4.38. The average Bonchev–Trinajstić information content (AvgIpc) is 3.01. The second-order valence-corrected chi connectivity index (χ2v) is 10.9. The van der Waals surface area contributed by atoms with Crippen molar-refractivity contribution in [2.45, 2.75) is 64.4 Å². The quantitative estimate of drug-likeness (QED) is 0.126. The molecule has 0 aromatic heterocycles. The molecule has 1 atom stereocenters. The second-order valence-electron chi connectivity index (χ2n) is 10.9. The second kappa shape index (κ2) is 16.2. The summed E-state index contributed by atoms with van der Waals surface area (Å²) < 4.78 is 6.28. The Morgan fingerprint density at radius 3 is 1.93 bits per heavy atom. The van der Waals surface area contributed by atoms with Crippen LogP contribution in [-0.2, 0) is 37.1 Å². The molecule has 0 radical (unpaired) electrons. The number of aryl methyl sites for hydroxylation is 3. The van der Waals surface area contributed by atoms with Crippen LogP contribution in [0.2, 0.25) is 0 Å². The Balaban J connectivity index is 1.33. The van der Waals surface area contributed by atoms with Crippen LogP contribution in [0.5, 0.6) is 5.75 Å². The molecule has 0 amide bonds. The summed E-state index contributed by atoms with van der Waals surface area (Å²) in [4.78, 5) is 22.2. The normalized spacial score (nSPS) is 11.6. The highest BCUT2D eigenvalue weighted by Crippen LogP contribution is 2.26. The zero-order valence-electron chi connectivity index (χ0n) is 24.1. The first-order valence-corrected chi connectivity index (χ1v) is 14.8. The molecule has 0 saturated carbocycles. The van der Waals surface area contributed by atoms with Gasteiger partial charge in [-0.1, -0.05) is 97.8 Å². The molecule has 0 aliphatic carbocycles. The van der Waals surface area contributed by atoms with Crippen LogP contribution in [0.15, 0.2) is 103 Å². The first-order valence-electron chi connectivity index (χ1n) is 14.8. The monoisotopic (exact) mass is 564 g/mol. The van der Waals surface area contributed by atoms with Gasteiger partial charge in [-0.25, -0.2) is 4.79 Å². The number of unbranched alkanes of at least 4 members (excludes halogenated alkanes) is 1. The molecule has 218 valence electrons. The van der Waals surface area contributed by atoms with Crippen LogP contribution in [0.3, 0.4) is 0 Å². The molecule has 4 rings (SSSR count). The Morgan fingerprint density at radius 1 is 0.619 bits per heavy atom. The molecule has 5 heteroatoms. The minimum atomic E-state index is -0.928. The fourth-order valence-corrected chi connectivity index (χ4v) is 5.28. The van der Waals surface area contributed by atoms with E-state index in [0.29, 0.717) is 18.9 Å². The number of carboxylic acids is 2. The van der Waals surface area contributed by atoms with E-state index in [9.17, 15) is 14.7 Å². The predicted octanol–water partition coefficient (Wildman–Crippen LogP) is 8.19. The lowest BCUT2D eigenvalue weighted by Gasteiger charge is -2.19. The molecule has 0 saturated heterocycles. The number of carbonyl (C=O) groups is 2. The summed E-state index contributed by atoms with van der Waals surface area (Å²) in [5.74, 6) is -0.446. The van der Waals surface area contributed by atoms with Gasteiger partial charge in [0.2, 0.25) is 0 Å². The maximum absolute atomic E-state index is 11.2. The fraction of sp³-hybridized carbons (Fsp3) is 0.297. The van der Waals surface area contributed by atoms with Gasteiger partial charge in [0.25, 0.3) is 0 Å². The molecule has 1 unspecified atom stereocenters. The lowest BCUT2D eigenvalue weighted by molar-refractivity contribution is -0.137. The van der Waals surface area contributed by atoms with Gasteiger partial charge in [0, 0.05) is 6.42 Å². The van der Waals surface area contributed by atoms with Gasteiger partial charge in [0.1, 0.15) is 12.4 Å². The van der Waals surface area contributed by atoms with E-state index in [4.69, 9.17) is 9.84 Å². The highest BCUT2D eigenvalue weighted by Gasteiger charge is 2.14. The Kier molecular flexibility index (Phi) is 11.8. The lowest BCUT2D eigenvalue weighted by Crippen LogP contribution is -2.08. The van der Waals surface area contributed by atoms with Crippen LogP contribution < -0.4 is 4.74 Å². The highest BCUT2D eigenvalue weighted by molar-refractivity contribution is 5.87. The summed E-state index contributed by atoms with van der Waals surface area (Å²) >= 11 is 0. The van der Waals surface area contributed by atoms with Crippen LogP contribution in [0.1, 0.15) is 70.3 Å². The molecule has 0 spiro atoms. The minimum absolute atomic E-state index is 0.185. The third-order valence-corrected chi connectivity index (χ3v) is 7.74. The molecule has 0 aliphatic rings. The topological polar surface area (TPSA) is 83.8 Å². The van der Waals surface area contributed by atoms with Crippen molar-refractivity contribution in [1.82, 2.24) is 0 Å². The molecule has 0 heterocycles. The van der Waals surface area contributed by atoms with E-state index in [0.717, 1.165) is 67.4 Å². The number of benzene rings is 4. The van der Waals surface area contributed by atoms with E-state index in [1.54, 1.807) is 12.1 Å². The van der Waals surface area contributed by atoms with Crippen molar-refractivity contribution >= 4 is 11.9 Å². The van der Waals surface area contributed by atoms with Crippen molar-refractivity contribution in [2.75, 3.05) is 0 Å². The van der Waals surface area contributed by atoms with E-state index in [1.807, 2.05) is 36.4 Å². The molecule has 5 nitrogen and oxygen atoms in total. The number of hydrogen-bond donors (Lipinski definition) is 2. The molecule has 2 N–H and O–H groups in total. The predicted molar refractivity (Wildman–Crippen MR) is 166 cm³/mol. The third-order valence-electron chi connectivity index (χ3n) is 7.74. The molecule has 4 aromatic carbocycles. The average molecular weight is 565 g/mol. The van der Waals surface area contributed by atoms with Crippen molar-refractivity contribution in [1.29, 1.82) is 0 Å². The summed E-state index contributed by atoms with van der Waals surface area (Å²) in [5, 5.41) is 18.2. The largest absolute Gasteiger partial charge is 0.489 e. The Labute approximate surface area is 248 Å². The van der Waals surface area contributed by atoms with E-state index in [1.165, 1.54) is 11.1 Å². The molecular weight excluding hydrogens is 524 g/mol. The molecule has 4 aromatic rings. The number of para-hydroxylation sites is 1. The zero-order chi connectivity index (χ0) is 29.6. The van der Waals surface area contributed by atoms with Crippen LogP contribution in [0, 0.1) is 5.92 Å². The first kappa shape index (κ1) is 30.6. The standard InChI is InChI=1S/C37H40O5/c38-36(39)13-7-4-10-30(26-31-21-24-34(25-22-31)37(40)41)20-23-33-11-5-6-12-35(33)42-27-32-18-16-29(17-19-32)15-14-28-8-2-1-3-9-28/h1-3,5-6,8-9,11-12,16-19,21-22,24-25,30H,4,7,10,13-15,20,23,26-27H2,(H,38,39)(H,40,41). The van der Waals surface area contributed by atoms with E-state index in [-0.39, 0.29) is 12.0 Å². The summed E-state index contributed by atoms with van der Waals surface area (Å²) in [6.45, 7) is 0.504. The molecular formula is C37H40O5. The van der Waals surface area contributed by atoms with Crippen molar-refractivity contribution in [3.63, 3.8) is 0 Å². The maximum atomic E-state index is 11.2. The Morgan fingerprint density at radius 2 is 1.24 bits per heavy atom. The van der Waals surface area contributed by atoms with Gasteiger partial charge < -0.3 is 14.9 Å². The fourth-order valence-electron chi connectivity index (χ4n) is 5.28. The van der Waals surface area contributed by atoms with Crippen LogP contribution in [0.4, 0.5) is 0 Å². The molecule has 0 bridgehead atoms. The molecule has 0 fully saturated rings. The van der Waals surface area contributed by atoms with Crippen LogP contribution >= 0.6 is 0 Å². The van der Waals surface area contributed by atoms with Gasteiger partial charge in [-0.3, -0.25) is 4.79 Å². The maximum Gasteiger partial charge on any atom is 0.335 e. The first-order chi connectivity index (χ1) is 20.5. The number of hydrogen-bond acceptors (Lipinski definition) is 3. The summed E-state index contributed by atoms with van der Waals surface area (Å²) in [6, 6.07) is 34.5. The van der Waals surface area contributed by atoms with E-state index in [2.05, 4.69) is 54.6 Å². The van der Waals surface area contributed by atoms with Gasteiger partial charge >= 0.3 is 11.9 Å². The number of carboxylic acid groups (broad SMARTS) is 2. The van der Waals surface area contributed by atoms with Crippen LogP contribution in [0.25, 0.3) is 0 Å². The smallest absolute Gasteiger partial charge is 0.335 e. The number of ether oxygens (including phenoxy) is 1. The molecule has 0 aliphatic heterocycles. The van der Waals surface area contributed by atoms with Crippen molar-refractivity contribution in [3.05, 3.63) is 137 Å². The van der Waals surface area contributed by atoms with Crippen molar-refractivity contribution in [3.8, 4) is 5.75 Å². The van der Waals surface area contributed by atoms with Gasteiger partial charge in [0.05, 0.1) is 5.56 Å². The van der Waals surface area contributed by atoms with E-state index < -0.39 is 11.9 Å². The number of aromatic carboxylic acids is 1. The third kappa shape index (κ3) is 10.2. The van der Waals surface area contributed by atoms with Crippen molar-refractivity contribution in [2.24, 2.45) is 5.92 Å². The van der Waals surface area contributed by atoms with Gasteiger partial charge in [-0.05, 0) is 90.5 Å². The van der Waals surface area contributed by atoms with Crippen molar-refractivity contribution < 1.29 is 24.5 Å². The SMILES string of the molecule is O=C(O)CCCCC(CCc1ccccc1OCc1ccc(CCc2ccccc2)cc1)Cc1ccc(C(=O)O)cc1. The lowest BCUT2D eigenvalue weighted by atomic mass is 9.88. The highest BCUT2D eigenvalue weighted by atomic mass is 16.5. The van der Waals surface area contributed by atoms with Gasteiger partial charge in [-0.2, -0.15) is 0 Å². The summed E-state index contributed by atoms with van der Waals surface area (Å²) in [7, 11) is 0. The van der Waals surface area contributed by atoms with Gasteiger partial charge in [0.15, 0.2) is 0 Å². The Bertz CT molecular complexity index is 1390. The van der Waals surface area contributed by atoms with Crippen LogP contribution in [-0.4, -0.2) is 22.2 Å².